The minimum Gasteiger partial charge on any atom is -0.271 e. The molecule has 0 aliphatic carbocycles. The lowest BCUT2D eigenvalue weighted by Crippen LogP contribution is -2.41. The zero-order valence-corrected chi connectivity index (χ0v) is 12.7. The van der Waals surface area contributed by atoms with Gasteiger partial charge in [-0.05, 0) is 18.9 Å². The molecule has 18 heavy (non-hydrogen) atoms. The molecule has 1 aliphatic heterocycles. The lowest BCUT2D eigenvalue weighted by atomic mass is 9.99. The Morgan fingerprint density at radius 3 is 2.83 bits per heavy atom. The van der Waals surface area contributed by atoms with E-state index < -0.39 is 0 Å². The van der Waals surface area contributed by atoms with Gasteiger partial charge in [-0.25, -0.2) is 0 Å². The van der Waals surface area contributed by atoms with Gasteiger partial charge in [0.2, 0.25) is 0 Å². The maximum absolute atomic E-state index is 5.83. The molecular formula is C14H22N2S2. The number of benzene rings is 1. The molecule has 0 aromatic heterocycles. The first-order valence-electron chi connectivity index (χ1n) is 6.52. The quantitative estimate of drug-likeness (QED) is 0.657. The highest BCUT2D eigenvalue weighted by molar-refractivity contribution is 8.07. The van der Waals surface area contributed by atoms with Gasteiger partial charge in [0.1, 0.15) is 0 Å². The number of hydrazine groups is 1. The van der Waals surface area contributed by atoms with Crippen molar-refractivity contribution in [2.75, 3.05) is 11.5 Å². The van der Waals surface area contributed by atoms with Crippen LogP contribution in [0.25, 0.3) is 0 Å². The fourth-order valence-corrected chi connectivity index (χ4v) is 5.73. The van der Waals surface area contributed by atoms with Crippen LogP contribution in [0, 0.1) is 6.92 Å². The molecule has 1 fully saturated rings. The number of thioether (sulfide) groups is 2. The molecule has 3 unspecified atom stereocenters. The maximum atomic E-state index is 5.83. The average molecular weight is 282 g/mol. The Labute approximate surface area is 118 Å². The summed E-state index contributed by atoms with van der Waals surface area (Å²) < 4.78 is 0. The first-order valence-corrected chi connectivity index (χ1v) is 8.62. The summed E-state index contributed by atoms with van der Waals surface area (Å²) in [6, 6.07) is 8.95. The number of nitrogens with one attached hydrogen (secondary N) is 1. The van der Waals surface area contributed by atoms with Crippen LogP contribution in [0.2, 0.25) is 0 Å². The summed E-state index contributed by atoms with van der Waals surface area (Å²) in [6.45, 7) is 4.41. The van der Waals surface area contributed by atoms with E-state index in [1.807, 2.05) is 0 Å². The standard InChI is InChI=1S/C14H22N2S2/c1-3-12-14(18-8-7-17-12)13(16-15)11-6-4-5-10(2)9-11/h4-6,9,12-14,16H,3,7-8,15H2,1-2H3. The van der Waals surface area contributed by atoms with Gasteiger partial charge in [-0.15, -0.1) is 0 Å². The molecular weight excluding hydrogens is 260 g/mol. The largest absolute Gasteiger partial charge is 0.271 e. The summed E-state index contributed by atoms with van der Waals surface area (Å²) in [5.74, 6) is 8.33. The molecule has 0 saturated carbocycles. The second kappa shape index (κ2) is 6.85. The van der Waals surface area contributed by atoms with Crippen LogP contribution < -0.4 is 11.3 Å². The fraction of sp³-hybridized carbons (Fsp3) is 0.571. The van der Waals surface area contributed by atoms with Crippen molar-refractivity contribution in [2.45, 2.75) is 36.8 Å². The normalized spacial score (nSPS) is 25.9. The molecule has 3 atom stereocenters. The minimum atomic E-state index is 0.257. The predicted octanol–water partition coefficient (Wildman–Crippen LogP) is 3.13. The van der Waals surface area contributed by atoms with Gasteiger partial charge in [0, 0.05) is 22.0 Å². The Bertz CT molecular complexity index is 384. The van der Waals surface area contributed by atoms with E-state index in [0.29, 0.717) is 10.5 Å². The van der Waals surface area contributed by atoms with Gasteiger partial charge in [0.25, 0.3) is 0 Å². The monoisotopic (exact) mass is 282 g/mol. The predicted molar refractivity (Wildman–Crippen MR) is 84.0 cm³/mol. The zero-order valence-electron chi connectivity index (χ0n) is 11.1. The van der Waals surface area contributed by atoms with E-state index in [1.54, 1.807) is 0 Å². The highest BCUT2D eigenvalue weighted by Gasteiger charge is 2.32. The molecule has 0 bridgehead atoms. The van der Waals surface area contributed by atoms with Crippen LogP contribution in [-0.2, 0) is 0 Å². The van der Waals surface area contributed by atoms with Gasteiger partial charge < -0.3 is 0 Å². The molecule has 2 rings (SSSR count). The van der Waals surface area contributed by atoms with Crippen LogP contribution in [0.15, 0.2) is 24.3 Å². The van der Waals surface area contributed by atoms with E-state index in [-0.39, 0.29) is 6.04 Å². The van der Waals surface area contributed by atoms with E-state index in [0.717, 1.165) is 0 Å². The van der Waals surface area contributed by atoms with Crippen LogP contribution in [0.3, 0.4) is 0 Å². The number of hydrogen-bond acceptors (Lipinski definition) is 4. The molecule has 1 aliphatic rings. The van der Waals surface area contributed by atoms with Crippen molar-refractivity contribution in [1.29, 1.82) is 0 Å². The van der Waals surface area contributed by atoms with E-state index in [9.17, 15) is 0 Å². The molecule has 2 nitrogen and oxygen atoms in total. The van der Waals surface area contributed by atoms with Gasteiger partial charge in [0.15, 0.2) is 0 Å². The van der Waals surface area contributed by atoms with Crippen molar-refractivity contribution in [3.8, 4) is 0 Å². The summed E-state index contributed by atoms with van der Waals surface area (Å²) in [5, 5.41) is 1.27. The van der Waals surface area contributed by atoms with Gasteiger partial charge in [-0.1, -0.05) is 36.8 Å². The SMILES string of the molecule is CCC1SCCSC1C(NN)c1cccc(C)c1. The van der Waals surface area contributed by atoms with Crippen molar-refractivity contribution in [1.82, 2.24) is 5.43 Å². The highest BCUT2D eigenvalue weighted by atomic mass is 32.2. The van der Waals surface area contributed by atoms with Crippen molar-refractivity contribution >= 4 is 23.5 Å². The first-order chi connectivity index (χ1) is 8.76. The molecule has 4 heteroatoms. The fourth-order valence-electron chi connectivity index (χ4n) is 2.49. The highest BCUT2D eigenvalue weighted by Crippen LogP contribution is 2.40. The Kier molecular flexibility index (Phi) is 5.42. The molecule has 0 spiro atoms. The third-order valence-corrected chi connectivity index (χ3v) is 6.75. The van der Waals surface area contributed by atoms with Crippen LogP contribution >= 0.6 is 23.5 Å². The Balaban J connectivity index is 2.21. The van der Waals surface area contributed by atoms with E-state index in [2.05, 4.69) is 67.1 Å². The maximum Gasteiger partial charge on any atom is 0.0589 e. The summed E-state index contributed by atoms with van der Waals surface area (Å²) in [7, 11) is 0. The lowest BCUT2D eigenvalue weighted by molar-refractivity contribution is 0.513. The van der Waals surface area contributed by atoms with Gasteiger partial charge in [-0.3, -0.25) is 11.3 Å². The van der Waals surface area contributed by atoms with E-state index in [1.165, 1.54) is 29.1 Å². The molecule has 100 valence electrons. The molecule has 1 heterocycles. The molecule has 1 aromatic rings. The van der Waals surface area contributed by atoms with E-state index >= 15 is 0 Å². The van der Waals surface area contributed by atoms with Crippen LogP contribution in [0.4, 0.5) is 0 Å². The van der Waals surface area contributed by atoms with Crippen LogP contribution in [0.5, 0.6) is 0 Å². The van der Waals surface area contributed by atoms with Gasteiger partial charge >= 0.3 is 0 Å². The van der Waals surface area contributed by atoms with Crippen molar-refractivity contribution in [2.24, 2.45) is 5.84 Å². The number of rotatable bonds is 4. The van der Waals surface area contributed by atoms with Crippen LogP contribution in [0.1, 0.15) is 30.5 Å². The molecule has 1 aromatic carbocycles. The smallest absolute Gasteiger partial charge is 0.0589 e. The average Bonchev–Trinajstić information content (AvgIpc) is 2.40. The molecule has 0 radical (unpaired) electrons. The molecule has 0 amide bonds. The zero-order chi connectivity index (χ0) is 13.0. The summed E-state index contributed by atoms with van der Waals surface area (Å²) in [5.41, 5.74) is 5.66. The Hall–Kier alpha value is -0.160. The Morgan fingerprint density at radius 1 is 1.39 bits per heavy atom. The number of hydrogen-bond donors (Lipinski definition) is 2. The van der Waals surface area contributed by atoms with E-state index in [4.69, 9.17) is 5.84 Å². The van der Waals surface area contributed by atoms with Crippen molar-refractivity contribution in [3.63, 3.8) is 0 Å². The third-order valence-electron chi connectivity index (χ3n) is 3.40. The first kappa shape index (κ1) is 14.3. The lowest BCUT2D eigenvalue weighted by Gasteiger charge is -2.35. The Morgan fingerprint density at radius 2 is 2.17 bits per heavy atom. The second-order valence-electron chi connectivity index (χ2n) is 4.71. The summed E-state index contributed by atoms with van der Waals surface area (Å²) in [6.07, 6.45) is 1.21. The molecule has 1 saturated heterocycles. The van der Waals surface area contributed by atoms with Crippen LogP contribution in [-0.4, -0.2) is 22.0 Å². The third kappa shape index (κ3) is 3.23. The van der Waals surface area contributed by atoms with Gasteiger partial charge in [0.05, 0.1) is 6.04 Å². The minimum absolute atomic E-state index is 0.257. The molecule has 3 N–H and O–H groups in total. The topological polar surface area (TPSA) is 38.0 Å². The summed E-state index contributed by atoms with van der Waals surface area (Å²) >= 11 is 4.16. The second-order valence-corrected chi connectivity index (χ2v) is 7.34. The number of aryl methyl sites for hydroxylation is 1. The van der Waals surface area contributed by atoms with Crippen molar-refractivity contribution < 1.29 is 0 Å². The van der Waals surface area contributed by atoms with Gasteiger partial charge in [-0.2, -0.15) is 23.5 Å². The van der Waals surface area contributed by atoms with Crippen molar-refractivity contribution in [3.05, 3.63) is 35.4 Å². The number of nitrogens with two attached hydrogens (primary N) is 1. The summed E-state index contributed by atoms with van der Waals surface area (Å²) in [4.78, 5) is 0.